The van der Waals surface area contributed by atoms with Crippen LogP contribution in [-0.4, -0.2) is 62.4 Å². The third-order valence-electron chi connectivity index (χ3n) is 3.02. The van der Waals surface area contributed by atoms with Gasteiger partial charge in [0.05, 0.1) is 6.61 Å². The fraction of sp³-hybridized carbons (Fsp3) is 0.750. The van der Waals surface area contributed by atoms with Crippen LogP contribution in [-0.2, 0) is 4.74 Å². The van der Waals surface area contributed by atoms with Crippen molar-refractivity contribution >= 4 is 17.8 Å². The van der Waals surface area contributed by atoms with E-state index in [9.17, 15) is 0 Å². The van der Waals surface area contributed by atoms with Crippen LogP contribution < -0.4 is 15.1 Å². The minimum Gasteiger partial charge on any atom is -0.383 e. The number of ether oxygens (including phenoxy) is 1. The molecule has 0 unspecified atom stereocenters. The van der Waals surface area contributed by atoms with Gasteiger partial charge in [0.2, 0.25) is 17.8 Å². The van der Waals surface area contributed by atoms with Gasteiger partial charge in [-0.3, -0.25) is 0 Å². The van der Waals surface area contributed by atoms with Crippen molar-refractivity contribution in [2.24, 2.45) is 0 Å². The molecule has 1 saturated carbocycles. The van der Waals surface area contributed by atoms with Crippen molar-refractivity contribution in [3.8, 4) is 0 Å². The van der Waals surface area contributed by atoms with Gasteiger partial charge in [-0.2, -0.15) is 15.0 Å². The number of nitrogens with one attached hydrogen (secondary N) is 1. The van der Waals surface area contributed by atoms with Crippen molar-refractivity contribution in [2.45, 2.75) is 18.9 Å². The molecule has 0 bridgehead atoms. The Kier molecular flexibility index (Phi) is 4.36. The van der Waals surface area contributed by atoms with Crippen LogP contribution in [0.3, 0.4) is 0 Å². The van der Waals surface area contributed by atoms with Crippen LogP contribution in [0.4, 0.5) is 17.8 Å². The number of nitrogens with zero attached hydrogens (tertiary/aromatic N) is 5. The molecule has 1 aromatic rings. The summed E-state index contributed by atoms with van der Waals surface area (Å²) in [6.45, 7) is 1.48. The van der Waals surface area contributed by atoms with E-state index in [0.29, 0.717) is 24.5 Å². The van der Waals surface area contributed by atoms with E-state index in [4.69, 9.17) is 4.74 Å². The highest BCUT2D eigenvalue weighted by Crippen LogP contribution is 2.30. The lowest BCUT2D eigenvalue weighted by Gasteiger charge is -2.23. The zero-order chi connectivity index (χ0) is 13.8. The van der Waals surface area contributed by atoms with Gasteiger partial charge in [-0.15, -0.1) is 0 Å². The Hall–Kier alpha value is -1.63. The van der Waals surface area contributed by atoms with E-state index >= 15 is 0 Å². The third-order valence-corrected chi connectivity index (χ3v) is 3.02. The van der Waals surface area contributed by atoms with E-state index < -0.39 is 0 Å². The van der Waals surface area contributed by atoms with Gasteiger partial charge in [0, 0.05) is 40.8 Å². The number of aromatic nitrogens is 3. The van der Waals surface area contributed by atoms with Crippen molar-refractivity contribution in [2.75, 3.05) is 56.5 Å². The van der Waals surface area contributed by atoms with E-state index in [1.54, 1.807) is 7.11 Å². The van der Waals surface area contributed by atoms with Crippen LogP contribution in [0.15, 0.2) is 0 Å². The predicted molar refractivity (Wildman–Crippen MR) is 75.9 cm³/mol. The summed E-state index contributed by atoms with van der Waals surface area (Å²) >= 11 is 0. The number of methoxy groups -OCH3 is 1. The summed E-state index contributed by atoms with van der Waals surface area (Å²) in [7, 11) is 7.38. The van der Waals surface area contributed by atoms with Gasteiger partial charge in [-0.1, -0.05) is 0 Å². The smallest absolute Gasteiger partial charge is 0.232 e. The van der Waals surface area contributed by atoms with Gasteiger partial charge in [0.25, 0.3) is 0 Å². The van der Waals surface area contributed by atoms with Gasteiger partial charge in [-0.05, 0) is 12.8 Å². The molecule has 0 amide bonds. The first-order valence-electron chi connectivity index (χ1n) is 6.52. The highest BCUT2D eigenvalue weighted by Gasteiger charge is 2.31. The molecule has 1 N–H and O–H groups in total. The largest absolute Gasteiger partial charge is 0.383 e. The van der Waals surface area contributed by atoms with E-state index in [2.05, 4.69) is 25.2 Å². The second kappa shape index (κ2) is 6.01. The molecule has 7 heteroatoms. The molecule has 0 saturated heterocycles. The molecule has 0 radical (unpaired) electrons. The Balaban J connectivity index is 2.26. The molecule has 1 aliphatic carbocycles. The molecule has 0 aromatic carbocycles. The fourth-order valence-corrected chi connectivity index (χ4v) is 1.82. The molecule has 0 aliphatic heterocycles. The van der Waals surface area contributed by atoms with Gasteiger partial charge >= 0.3 is 0 Å². The summed E-state index contributed by atoms with van der Waals surface area (Å²) in [4.78, 5) is 17.4. The molecule has 0 spiro atoms. The Morgan fingerprint density at radius 3 is 2.42 bits per heavy atom. The summed E-state index contributed by atoms with van der Waals surface area (Å²) in [5, 5.41) is 2.99. The minimum atomic E-state index is 0.539. The molecular weight excluding hydrogens is 244 g/mol. The molecule has 1 fully saturated rings. The van der Waals surface area contributed by atoms with Gasteiger partial charge in [0.1, 0.15) is 0 Å². The van der Waals surface area contributed by atoms with Crippen LogP contribution in [0.1, 0.15) is 12.8 Å². The predicted octanol–water partition coefficient (Wildman–Crippen LogP) is 0.594. The number of hydrogen-bond acceptors (Lipinski definition) is 7. The van der Waals surface area contributed by atoms with Gasteiger partial charge in [-0.25, -0.2) is 0 Å². The molecule has 1 heterocycles. The van der Waals surface area contributed by atoms with E-state index in [1.807, 2.05) is 26.0 Å². The van der Waals surface area contributed by atoms with Gasteiger partial charge < -0.3 is 19.9 Å². The molecule has 1 aromatic heterocycles. The quantitative estimate of drug-likeness (QED) is 0.775. The fourth-order valence-electron chi connectivity index (χ4n) is 1.82. The summed E-state index contributed by atoms with van der Waals surface area (Å²) < 4.78 is 5.17. The molecule has 19 heavy (non-hydrogen) atoms. The lowest BCUT2D eigenvalue weighted by atomic mass is 10.5. The summed E-state index contributed by atoms with van der Waals surface area (Å²) in [5.74, 6) is 1.98. The van der Waals surface area contributed by atoms with Crippen molar-refractivity contribution < 1.29 is 4.74 Å². The second-order valence-electron chi connectivity index (χ2n) is 4.82. The zero-order valence-electron chi connectivity index (χ0n) is 12.1. The lowest BCUT2D eigenvalue weighted by molar-refractivity contribution is 0.204. The molecule has 2 rings (SSSR count). The monoisotopic (exact) mass is 266 g/mol. The highest BCUT2D eigenvalue weighted by atomic mass is 16.5. The van der Waals surface area contributed by atoms with Crippen molar-refractivity contribution in [3.05, 3.63) is 0 Å². The first-order chi connectivity index (χ1) is 9.15. The molecule has 106 valence electrons. The molecular formula is C12H22N6O. The second-order valence-corrected chi connectivity index (χ2v) is 4.82. The minimum absolute atomic E-state index is 0.539. The Morgan fingerprint density at radius 2 is 1.89 bits per heavy atom. The average Bonchev–Trinajstić information content (AvgIpc) is 3.23. The molecule has 0 atom stereocenters. The van der Waals surface area contributed by atoms with Crippen molar-refractivity contribution in [1.82, 2.24) is 15.0 Å². The van der Waals surface area contributed by atoms with Crippen molar-refractivity contribution in [1.29, 1.82) is 0 Å². The maximum absolute atomic E-state index is 5.17. The van der Waals surface area contributed by atoms with E-state index in [1.165, 1.54) is 12.8 Å². The van der Waals surface area contributed by atoms with Crippen LogP contribution in [0.5, 0.6) is 0 Å². The topological polar surface area (TPSA) is 66.4 Å². The normalized spacial score (nSPS) is 14.3. The zero-order valence-corrected chi connectivity index (χ0v) is 12.1. The van der Waals surface area contributed by atoms with Crippen LogP contribution in [0.25, 0.3) is 0 Å². The Labute approximate surface area is 114 Å². The Bertz CT molecular complexity index is 421. The number of anilines is 3. The Morgan fingerprint density at radius 1 is 1.21 bits per heavy atom. The number of rotatable bonds is 7. The van der Waals surface area contributed by atoms with Gasteiger partial charge in [0.15, 0.2) is 0 Å². The maximum Gasteiger partial charge on any atom is 0.232 e. The number of hydrogen-bond donors (Lipinski definition) is 1. The highest BCUT2D eigenvalue weighted by molar-refractivity contribution is 5.45. The summed E-state index contributed by atoms with van der Waals surface area (Å²) in [6.07, 6.45) is 2.39. The van der Waals surface area contributed by atoms with E-state index in [0.717, 1.165) is 12.5 Å². The summed E-state index contributed by atoms with van der Waals surface area (Å²) in [6, 6.07) is 0.539. The van der Waals surface area contributed by atoms with Crippen LogP contribution in [0.2, 0.25) is 0 Å². The SMILES string of the molecule is CNc1nc(N(C)C)nc(N(CCOC)C2CC2)n1. The third kappa shape index (κ3) is 3.44. The summed E-state index contributed by atoms with van der Waals surface area (Å²) in [5.41, 5.74) is 0. The van der Waals surface area contributed by atoms with Crippen LogP contribution >= 0.6 is 0 Å². The first kappa shape index (κ1) is 13.8. The molecule has 1 aliphatic rings. The standard InChI is InChI=1S/C12H22N6O/c1-13-10-14-11(17(2)3)16-12(15-10)18(7-8-19-4)9-5-6-9/h9H,5-8H2,1-4H3,(H,13,14,15,16). The van der Waals surface area contributed by atoms with Crippen molar-refractivity contribution in [3.63, 3.8) is 0 Å². The van der Waals surface area contributed by atoms with E-state index in [-0.39, 0.29) is 0 Å². The maximum atomic E-state index is 5.17. The van der Waals surface area contributed by atoms with Crippen LogP contribution in [0, 0.1) is 0 Å². The first-order valence-corrected chi connectivity index (χ1v) is 6.52. The average molecular weight is 266 g/mol. The molecule has 7 nitrogen and oxygen atoms in total. The lowest BCUT2D eigenvalue weighted by Crippen LogP contribution is -2.32.